The predicted octanol–water partition coefficient (Wildman–Crippen LogP) is 2.60. The molecule has 0 radical (unpaired) electrons. The van der Waals surface area contributed by atoms with E-state index in [1.807, 2.05) is 19.1 Å². The average Bonchev–Trinajstić information content (AvgIpc) is 2.48. The van der Waals surface area contributed by atoms with Crippen molar-refractivity contribution in [3.63, 3.8) is 0 Å². The van der Waals surface area contributed by atoms with Crippen LogP contribution in [0.2, 0.25) is 0 Å². The van der Waals surface area contributed by atoms with E-state index in [-0.39, 0.29) is 12.5 Å². The van der Waals surface area contributed by atoms with Crippen LogP contribution in [0.15, 0.2) is 18.2 Å². The quantitative estimate of drug-likeness (QED) is 0.794. The fraction of sp³-hybridized carbons (Fsp3) is 0.471. The molecule has 0 aromatic heterocycles. The second-order valence-electron chi connectivity index (χ2n) is 4.90. The zero-order valence-corrected chi connectivity index (χ0v) is 13.7. The van der Waals surface area contributed by atoms with Crippen molar-refractivity contribution in [1.29, 1.82) is 0 Å². The number of hydrogen-bond acceptors (Lipinski definition) is 3. The number of carbonyl (C=O) groups excluding carboxylic acids is 1. The fourth-order valence-electron chi connectivity index (χ4n) is 1.77. The molecule has 1 atom stereocenters. The highest BCUT2D eigenvalue weighted by atomic mass is 32.2. The maximum atomic E-state index is 12.1. The SMILES string of the molecule is CSC(C)CCNC(=O)c1ccc(C#CCCO)c(C)c1. The van der Waals surface area contributed by atoms with E-state index in [1.165, 1.54) is 0 Å². The second-order valence-corrected chi connectivity index (χ2v) is 6.17. The first-order valence-corrected chi connectivity index (χ1v) is 8.38. The smallest absolute Gasteiger partial charge is 0.251 e. The average molecular weight is 305 g/mol. The molecule has 0 fully saturated rings. The van der Waals surface area contributed by atoms with Crippen molar-refractivity contribution in [2.24, 2.45) is 0 Å². The lowest BCUT2D eigenvalue weighted by Crippen LogP contribution is -2.26. The molecule has 4 heteroatoms. The third-order valence-corrected chi connectivity index (χ3v) is 4.23. The van der Waals surface area contributed by atoms with Gasteiger partial charge in [0.1, 0.15) is 0 Å². The van der Waals surface area contributed by atoms with Gasteiger partial charge in [0.05, 0.1) is 6.61 Å². The first-order chi connectivity index (χ1) is 10.1. The number of aliphatic hydroxyl groups is 1. The molecule has 0 heterocycles. The molecule has 114 valence electrons. The van der Waals surface area contributed by atoms with Gasteiger partial charge in [-0.3, -0.25) is 4.79 Å². The van der Waals surface area contributed by atoms with Crippen LogP contribution >= 0.6 is 11.8 Å². The number of rotatable bonds is 6. The summed E-state index contributed by atoms with van der Waals surface area (Å²) in [4.78, 5) is 12.1. The molecule has 1 aromatic rings. The van der Waals surface area contributed by atoms with Crippen LogP contribution in [0.5, 0.6) is 0 Å². The minimum Gasteiger partial charge on any atom is -0.395 e. The Morgan fingerprint density at radius 3 is 2.86 bits per heavy atom. The van der Waals surface area contributed by atoms with Gasteiger partial charge in [0, 0.05) is 29.3 Å². The van der Waals surface area contributed by atoms with Crippen LogP contribution in [0.4, 0.5) is 0 Å². The Balaban J connectivity index is 2.62. The van der Waals surface area contributed by atoms with Crippen molar-refractivity contribution in [2.75, 3.05) is 19.4 Å². The van der Waals surface area contributed by atoms with Gasteiger partial charge in [0.2, 0.25) is 0 Å². The van der Waals surface area contributed by atoms with Crippen molar-refractivity contribution in [3.05, 3.63) is 34.9 Å². The lowest BCUT2D eigenvalue weighted by Gasteiger charge is -2.10. The zero-order valence-electron chi connectivity index (χ0n) is 12.9. The Labute approximate surface area is 131 Å². The molecular weight excluding hydrogens is 282 g/mol. The summed E-state index contributed by atoms with van der Waals surface area (Å²) in [6.07, 6.45) is 3.51. The number of amides is 1. The Bertz CT molecular complexity index is 531. The van der Waals surface area contributed by atoms with Crippen LogP contribution in [0.1, 0.15) is 41.3 Å². The van der Waals surface area contributed by atoms with Crippen molar-refractivity contribution >= 4 is 17.7 Å². The number of benzene rings is 1. The minimum absolute atomic E-state index is 0.0405. The van der Waals surface area contributed by atoms with Gasteiger partial charge in [0.25, 0.3) is 5.91 Å². The van der Waals surface area contributed by atoms with Crippen LogP contribution in [0, 0.1) is 18.8 Å². The molecule has 1 aromatic carbocycles. The van der Waals surface area contributed by atoms with Gasteiger partial charge < -0.3 is 10.4 Å². The monoisotopic (exact) mass is 305 g/mol. The van der Waals surface area contributed by atoms with E-state index in [1.54, 1.807) is 17.8 Å². The van der Waals surface area contributed by atoms with Crippen LogP contribution in [-0.2, 0) is 0 Å². The summed E-state index contributed by atoms with van der Waals surface area (Å²) < 4.78 is 0. The summed E-state index contributed by atoms with van der Waals surface area (Å²) >= 11 is 1.80. The number of aryl methyl sites for hydroxylation is 1. The molecule has 2 N–H and O–H groups in total. The molecule has 1 amide bonds. The third kappa shape index (κ3) is 6.24. The van der Waals surface area contributed by atoms with E-state index in [0.717, 1.165) is 17.5 Å². The number of carbonyl (C=O) groups is 1. The summed E-state index contributed by atoms with van der Waals surface area (Å²) in [6, 6.07) is 5.51. The maximum Gasteiger partial charge on any atom is 0.251 e. The molecule has 1 unspecified atom stereocenters. The van der Waals surface area contributed by atoms with Gasteiger partial charge in [-0.05, 0) is 43.4 Å². The van der Waals surface area contributed by atoms with Crippen LogP contribution < -0.4 is 5.32 Å². The van der Waals surface area contributed by atoms with Crippen LogP contribution in [0.25, 0.3) is 0 Å². The Morgan fingerprint density at radius 2 is 2.24 bits per heavy atom. The normalized spacial score (nSPS) is 11.4. The summed E-state index contributed by atoms with van der Waals surface area (Å²) in [5.41, 5.74) is 2.54. The third-order valence-electron chi connectivity index (χ3n) is 3.19. The largest absolute Gasteiger partial charge is 0.395 e. The topological polar surface area (TPSA) is 49.3 Å². The molecule has 1 rings (SSSR count). The van der Waals surface area contributed by atoms with Crippen LogP contribution in [0.3, 0.4) is 0 Å². The molecule has 0 aliphatic heterocycles. The molecular formula is C17H23NO2S. The van der Waals surface area contributed by atoms with Gasteiger partial charge in [0.15, 0.2) is 0 Å². The van der Waals surface area contributed by atoms with Gasteiger partial charge in [-0.2, -0.15) is 11.8 Å². The van der Waals surface area contributed by atoms with E-state index in [9.17, 15) is 4.79 Å². The highest BCUT2D eigenvalue weighted by Gasteiger charge is 2.07. The van der Waals surface area contributed by atoms with Gasteiger partial charge in [-0.1, -0.05) is 18.8 Å². The van der Waals surface area contributed by atoms with Gasteiger partial charge in [-0.15, -0.1) is 0 Å². The van der Waals surface area contributed by atoms with E-state index in [0.29, 0.717) is 23.8 Å². The number of hydrogen-bond donors (Lipinski definition) is 2. The molecule has 0 aliphatic carbocycles. The standard InChI is InChI=1S/C17H23NO2S/c1-13-12-16(8-7-15(13)6-4-5-11-19)17(20)18-10-9-14(2)21-3/h7-8,12,14,19H,5,9-11H2,1-3H3,(H,18,20). The Hall–Kier alpha value is -1.44. The minimum atomic E-state index is -0.0405. The molecule has 0 spiro atoms. The fourth-order valence-corrected chi connectivity index (χ4v) is 2.12. The summed E-state index contributed by atoms with van der Waals surface area (Å²) in [6.45, 7) is 4.86. The highest BCUT2D eigenvalue weighted by Crippen LogP contribution is 2.11. The lowest BCUT2D eigenvalue weighted by atomic mass is 10.0. The summed E-state index contributed by atoms with van der Waals surface area (Å²) in [7, 11) is 0. The van der Waals surface area contributed by atoms with Gasteiger partial charge >= 0.3 is 0 Å². The molecule has 0 saturated carbocycles. The Morgan fingerprint density at radius 1 is 1.48 bits per heavy atom. The van der Waals surface area contributed by atoms with Crippen molar-refractivity contribution in [2.45, 2.75) is 31.9 Å². The lowest BCUT2D eigenvalue weighted by molar-refractivity contribution is 0.0953. The Kier molecular flexibility index (Phi) is 7.96. The highest BCUT2D eigenvalue weighted by molar-refractivity contribution is 7.99. The van der Waals surface area contributed by atoms with E-state index in [2.05, 4.69) is 30.3 Å². The summed E-state index contributed by atoms with van der Waals surface area (Å²) in [5, 5.41) is 12.2. The number of aliphatic hydroxyl groups excluding tert-OH is 1. The van der Waals surface area contributed by atoms with Crippen molar-refractivity contribution in [3.8, 4) is 11.8 Å². The van der Waals surface area contributed by atoms with E-state index < -0.39 is 0 Å². The zero-order chi connectivity index (χ0) is 15.7. The molecule has 0 saturated heterocycles. The van der Waals surface area contributed by atoms with Crippen LogP contribution in [-0.4, -0.2) is 35.7 Å². The van der Waals surface area contributed by atoms with Crippen molar-refractivity contribution in [1.82, 2.24) is 5.32 Å². The van der Waals surface area contributed by atoms with E-state index >= 15 is 0 Å². The second kappa shape index (κ2) is 9.49. The molecule has 0 bridgehead atoms. The van der Waals surface area contributed by atoms with Crippen molar-refractivity contribution < 1.29 is 9.90 Å². The molecule has 21 heavy (non-hydrogen) atoms. The number of nitrogens with one attached hydrogen (secondary N) is 1. The summed E-state index contributed by atoms with van der Waals surface area (Å²) in [5.74, 6) is 5.85. The number of thioether (sulfide) groups is 1. The predicted molar refractivity (Wildman–Crippen MR) is 89.7 cm³/mol. The molecule has 0 aliphatic rings. The molecule has 3 nitrogen and oxygen atoms in total. The first-order valence-electron chi connectivity index (χ1n) is 7.10. The van der Waals surface area contributed by atoms with Gasteiger partial charge in [-0.25, -0.2) is 0 Å². The maximum absolute atomic E-state index is 12.1. The first kappa shape index (κ1) is 17.6. The van der Waals surface area contributed by atoms with E-state index in [4.69, 9.17) is 5.11 Å².